The number of nitrogens with zero attached hydrogens (tertiary/aromatic N) is 3. The van der Waals surface area contributed by atoms with Crippen LogP contribution in [0.5, 0.6) is 17.2 Å². The molecule has 10 nitrogen and oxygen atoms in total. The van der Waals surface area contributed by atoms with Crippen molar-refractivity contribution in [2.75, 3.05) is 37.4 Å². The third-order valence-corrected chi connectivity index (χ3v) is 6.40. The number of urea groups is 1. The first-order chi connectivity index (χ1) is 18.6. The molecule has 38 heavy (non-hydrogen) atoms. The minimum atomic E-state index is -0.241. The third kappa shape index (κ3) is 5.97. The lowest BCUT2D eigenvalue weighted by Crippen LogP contribution is -2.38. The molecular formula is C28H33N7O3. The van der Waals surface area contributed by atoms with Crippen molar-refractivity contribution in [3.63, 3.8) is 0 Å². The molecule has 4 aromatic rings. The van der Waals surface area contributed by atoms with Crippen LogP contribution in [0.4, 0.5) is 16.3 Å². The van der Waals surface area contributed by atoms with Crippen molar-refractivity contribution in [3.8, 4) is 17.2 Å². The van der Waals surface area contributed by atoms with Gasteiger partial charge in [-0.05, 0) is 68.3 Å². The fourth-order valence-corrected chi connectivity index (χ4v) is 4.51. The van der Waals surface area contributed by atoms with Gasteiger partial charge in [0.1, 0.15) is 22.6 Å². The van der Waals surface area contributed by atoms with Crippen molar-refractivity contribution in [3.05, 3.63) is 66.4 Å². The molecule has 198 valence electrons. The van der Waals surface area contributed by atoms with Gasteiger partial charge in [0, 0.05) is 37.1 Å². The highest BCUT2D eigenvalue weighted by atomic mass is 16.5. The zero-order valence-corrected chi connectivity index (χ0v) is 21.7. The van der Waals surface area contributed by atoms with Gasteiger partial charge in [0.2, 0.25) is 0 Å². The van der Waals surface area contributed by atoms with Gasteiger partial charge in [-0.15, -0.1) is 0 Å². The number of rotatable bonds is 9. The molecule has 0 bridgehead atoms. The molecule has 1 aliphatic rings. The number of anilines is 2. The van der Waals surface area contributed by atoms with Gasteiger partial charge in [0.05, 0.1) is 13.7 Å². The van der Waals surface area contributed by atoms with Gasteiger partial charge >= 0.3 is 6.03 Å². The molecule has 0 spiro atoms. The lowest BCUT2D eigenvalue weighted by Gasteiger charge is -2.23. The quantitative estimate of drug-likeness (QED) is 0.258. The highest BCUT2D eigenvalue weighted by Crippen LogP contribution is 2.35. The Balaban J connectivity index is 1.44. The van der Waals surface area contributed by atoms with E-state index in [0.717, 1.165) is 54.1 Å². The van der Waals surface area contributed by atoms with Crippen molar-refractivity contribution < 1.29 is 14.3 Å². The van der Waals surface area contributed by atoms with E-state index in [2.05, 4.69) is 26.3 Å². The summed E-state index contributed by atoms with van der Waals surface area (Å²) in [4.78, 5) is 16.5. The Labute approximate surface area is 221 Å². The van der Waals surface area contributed by atoms with E-state index in [4.69, 9.17) is 14.6 Å². The number of carbonyl (C=O) groups is 1. The molecule has 5 rings (SSSR count). The maximum Gasteiger partial charge on any atom is 0.319 e. The van der Waals surface area contributed by atoms with Crippen LogP contribution in [-0.4, -0.2) is 53.6 Å². The number of piperidine rings is 1. The lowest BCUT2D eigenvalue weighted by atomic mass is 10.1. The number of hydrogen-bond donors (Lipinski definition) is 4. The monoisotopic (exact) mass is 515 g/mol. The van der Waals surface area contributed by atoms with Crippen molar-refractivity contribution in [2.24, 2.45) is 0 Å². The maximum atomic E-state index is 11.8. The molecule has 2 amide bonds. The van der Waals surface area contributed by atoms with Crippen LogP contribution in [0.15, 0.2) is 60.8 Å². The minimum Gasteiger partial charge on any atom is -0.497 e. The Morgan fingerprint density at radius 2 is 1.89 bits per heavy atom. The van der Waals surface area contributed by atoms with Crippen LogP contribution in [0, 0.1) is 0 Å². The van der Waals surface area contributed by atoms with Crippen molar-refractivity contribution in [2.45, 2.75) is 32.4 Å². The maximum absolute atomic E-state index is 11.8. The van der Waals surface area contributed by atoms with Crippen LogP contribution in [0.2, 0.25) is 0 Å². The van der Waals surface area contributed by atoms with Crippen LogP contribution < -0.4 is 30.7 Å². The molecule has 0 saturated carbocycles. The van der Waals surface area contributed by atoms with E-state index in [1.54, 1.807) is 13.3 Å². The van der Waals surface area contributed by atoms with E-state index >= 15 is 0 Å². The number of nitrogens with one attached hydrogen (secondary N) is 4. The fourth-order valence-electron chi connectivity index (χ4n) is 4.51. The van der Waals surface area contributed by atoms with E-state index in [-0.39, 0.29) is 12.1 Å². The van der Waals surface area contributed by atoms with Gasteiger partial charge in [-0.1, -0.05) is 12.1 Å². The molecule has 2 aromatic carbocycles. The Bertz CT molecular complexity index is 1360. The predicted molar refractivity (Wildman–Crippen MR) is 148 cm³/mol. The second-order valence-electron chi connectivity index (χ2n) is 9.16. The molecule has 2 aromatic heterocycles. The number of aromatic nitrogens is 3. The molecule has 0 radical (unpaired) electrons. The average Bonchev–Trinajstić information content (AvgIpc) is 3.28. The molecular weight excluding hydrogens is 482 g/mol. The molecule has 3 heterocycles. The molecule has 10 heteroatoms. The normalized spacial score (nSPS) is 15.2. The molecule has 0 aliphatic carbocycles. The van der Waals surface area contributed by atoms with Crippen molar-refractivity contribution in [1.29, 1.82) is 0 Å². The number of benzene rings is 2. The molecule has 1 aliphatic heterocycles. The number of methoxy groups -OCH3 is 1. The second kappa shape index (κ2) is 11.8. The Kier molecular flexibility index (Phi) is 7.89. The number of hydrogen-bond acceptors (Lipinski definition) is 7. The van der Waals surface area contributed by atoms with Gasteiger partial charge < -0.3 is 30.7 Å². The van der Waals surface area contributed by atoms with Crippen molar-refractivity contribution in [1.82, 2.24) is 25.4 Å². The smallest absolute Gasteiger partial charge is 0.319 e. The summed E-state index contributed by atoms with van der Waals surface area (Å²) in [6.45, 7) is 4.90. The SMILES string of the molecule is CCNC(=O)Nc1ccc(Oc2ccnc3c2c(N[C@@H]2CCCNC2)nn3Cc2ccc(OC)cc2)cc1. The van der Waals surface area contributed by atoms with Gasteiger partial charge in [0.15, 0.2) is 11.5 Å². The number of pyridine rings is 1. The highest BCUT2D eigenvalue weighted by molar-refractivity contribution is 5.94. The molecule has 4 N–H and O–H groups in total. The summed E-state index contributed by atoms with van der Waals surface area (Å²) in [5.41, 5.74) is 2.51. The number of fused-ring (bicyclic) bond motifs is 1. The van der Waals surface area contributed by atoms with Crippen LogP contribution in [0.1, 0.15) is 25.3 Å². The number of amides is 2. The van der Waals surface area contributed by atoms with Gasteiger partial charge in [-0.3, -0.25) is 0 Å². The average molecular weight is 516 g/mol. The Morgan fingerprint density at radius 3 is 2.61 bits per heavy atom. The summed E-state index contributed by atoms with van der Waals surface area (Å²) in [5, 5.41) is 18.4. The summed E-state index contributed by atoms with van der Waals surface area (Å²) >= 11 is 0. The topological polar surface area (TPSA) is 114 Å². The second-order valence-corrected chi connectivity index (χ2v) is 9.16. The van der Waals surface area contributed by atoms with E-state index in [1.807, 2.05) is 66.2 Å². The summed E-state index contributed by atoms with van der Waals surface area (Å²) in [6, 6.07) is 17.1. The zero-order valence-electron chi connectivity index (χ0n) is 21.7. The molecule has 0 unspecified atom stereocenters. The predicted octanol–water partition coefficient (Wildman–Crippen LogP) is 4.59. The fraction of sp³-hybridized carbons (Fsp3) is 0.321. The summed E-state index contributed by atoms with van der Waals surface area (Å²) in [7, 11) is 1.66. The van der Waals surface area contributed by atoms with Crippen LogP contribution in [0.3, 0.4) is 0 Å². The number of ether oxygens (including phenoxy) is 2. The third-order valence-electron chi connectivity index (χ3n) is 6.40. The van der Waals surface area contributed by atoms with E-state index in [0.29, 0.717) is 30.3 Å². The van der Waals surface area contributed by atoms with Gasteiger partial charge in [0.25, 0.3) is 0 Å². The number of carbonyl (C=O) groups excluding carboxylic acids is 1. The summed E-state index contributed by atoms with van der Waals surface area (Å²) in [6.07, 6.45) is 3.91. The standard InChI is InChI=1S/C28H33N7O3/c1-3-30-28(36)33-20-8-12-23(13-9-20)38-24-14-16-31-27-25(24)26(32-21-5-4-15-29-17-21)34-35(27)18-19-6-10-22(37-2)11-7-19/h6-14,16,21,29H,3-5,15,17-18H2,1-2H3,(H,32,34)(H2,30,33,36)/t21-/m1/s1. The van der Waals surface area contributed by atoms with E-state index in [9.17, 15) is 4.79 Å². The lowest BCUT2D eigenvalue weighted by molar-refractivity contribution is 0.252. The Hall–Kier alpha value is -4.31. The minimum absolute atomic E-state index is 0.241. The van der Waals surface area contributed by atoms with Crippen molar-refractivity contribution >= 4 is 28.6 Å². The van der Waals surface area contributed by atoms with E-state index < -0.39 is 0 Å². The molecule has 1 saturated heterocycles. The van der Waals surface area contributed by atoms with Gasteiger partial charge in [-0.2, -0.15) is 5.10 Å². The molecule has 1 atom stereocenters. The molecule has 1 fully saturated rings. The highest BCUT2D eigenvalue weighted by Gasteiger charge is 2.21. The summed E-state index contributed by atoms with van der Waals surface area (Å²) in [5.74, 6) is 2.87. The first kappa shape index (κ1) is 25.3. The largest absolute Gasteiger partial charge is 0.497 e. The first-order valence-corrected chi connectivity index (χ1v) is 12.9. The van der Waals surface area contributed by atoms with Crippen LogP contribution >= 0.6 is 0 Å². The van der Waals surface area contributed by atoms with Crippen LogP contribution in [0.25, 0.3) is 11.0 Å². The first-order valence-electron chi connectivity index (χ1n) is 12.9. The summed E-state index contributed by atoms with van der Waals surface area (Å²) < 4.78 is 13.5. The Morgan fingerprint density at radius 1 is 1.11 bits per heavy atom. The zero-order chi connectivity index (χ0) is 26.3. The van der Waals surface area contributed by atoms with Crippen LogP contribution in [-0.2, 0) is 6.54 Å². The van der Waals surface area contributed by atoms with Gasteiger partial charge in [-0.25, -0.2) is 14.5 Å². The van der Waals surface area contributed by atoms with E-state index in [1.165, 1.54) is 0 Å².